The van der Waals surface area contributed by atoms with E-state index in [0.717, 1.165) is 31.5 Å². The van der Waals surface area contributed by atoms with Gasteiger partial charge in [0.25, 0.3) is 0 Å². The van der Waals surface area contributed by atoms with Gasteiger partial charge in [-0.15, -0.1) is 0 Å². The Bertz CT molecular complexity index is 599. The van der Waals surface area contributed by atoms with Gasteiger partial charge in [-0.2, -0.15) is 0 Å². The highest BCUT2D eigenvalue weighted by Gasteiger charge is 2.32. The first-order chi connectivity index (χ1) is 10.3. The zero-order valence-electron chi connectivity index (χ0n) is 12.9. The van der Waals surface area contributed by atoms with Crippen LogP contribution in [0.2, 0.25) is 0 Å². The van der Waals surface area contributed by atoms with Crippen LogP contribution < -0.4 is 5.32 Å². The number of nitrogens with one attached hydrogen (secondary N) is 1. The van der Waals surface area contributed by atoms with Crippen molar-refractivity contribution >= 4 is 10.9 Å². The number of fused-ring (bicyclic) bond motifs is 1. The third-order valence-corrected chi connectivity index (χ3v) is 4.38. The lowest BCUT2D eigenvalue weighted by Crippen LogP contribution is -2.35. The van der Waals surface area contributed by atoms with Crippen molar-refractivity contribution < 1.29 is 4.74 Å². The lowest BCUT2D eigenvalue weighted by molar-refractivity contribution is 0.0607. The Morgan fingerprint density at radius 3 is 3.05 bits per heavy atom. The van der Waals surface area contributed by atoms with Crippen LogP contribution in [0.3, 0.4) is 0 Å². The van der Waals surface area contributed by atoms with Crippen molar-refractivity contribution in [2.75, 3.05) is 13.2 Å². The second-order valence-corrected chi connectivity index (χ2v) is 5.99. The predicted molar refractivity (Wildman–Crippen MR) is 86.3 cm³/mol. The van der Waals surface area contributed by atoms with Gasteiger partial charge in [-0.25, -0.2) is 0 Å². The largest absolute Gasteiger partial charge is 0.376 e. The average molecular weight is 284 g/mol. The number of rotatable bonds is 5. The van der Waals surface area contributed by atoms with Gasteiger partial charge >= 0.3 is 0 Å². The summed E-state index contributed by atoms with van der Waals surface area (Å²) in [6, 6.07) is 10.9. The van der Waals surface area contributed by atoms with E-state index in [-0.39, 0.29) is 12.1 Å². The molecule has 0 saturated carbocycles. The number of nitrogens with zero attached hydrogens (tertiary/aromatic N) is 1. The summed E-state index contributed by atoms with van der Waals surface area (Å²) in [4.78, 5) is 4.48. The maximum absolute atomic E-state index is 6.01. The van der Waals surface area contributed by atoms with Gasteiger partial charge in [0.15, 0.2) is 0 Å². The highest BCUT2D eigenvalue weighted by molar-refractivity contribution is 5.79. The second-order valence-electron chi connectivity index (χ2n) is 5.99. The molecule has 3 heteroatoms. The summed E-state index contributed by atoms with van der Waals surface area (Å²) in [5.74, 6) is 0.596. The van der Waals surface area contributed by atoms with Crippen LogP contribution in [0.4, 0.5) is 0 Å². The number of aromatic nitrogens is 1. The normalized spacial score (nSPS) is 23.5. The standard InChI is InChI=1S/C18H24N2O/c1-3-9-20-17(18-13(2)8-11-21-18)15-7-6-14-5-4-10-19-16(14)12-15/h4-7,10,12-13,17-18,20H,3,8-9,11H2,1-2H3. The second kappa shape index (κ2) is 6.54. The number of hydrogen-bond acceptors (Lipinski definition) is 3. The minimum Gasteiger partial charge on any atom is -0.376 e. The fraction of sp³-hybridized carbons (Fsp3) is 0.500. The summed E-state index contributed by atoms with van der Waals surface area (Å²) in [6.07, 6.45) is 4.40. The Hall–Kier alpha value is -1.45. The summed E-state index contributed by atoms with van der Waals surface area (Å²) < 4.78 is 6.01. The molecule has 0 radical (unpaired) electrons. The van der Waals surface area contributed by atoms with E-state index < -0.39 is 0 Å². The van der Waals surface area contributed by atoms with Crippen LogP contribution in [-0.4, -0.2) is 24.2 Å². The third-order valence-electron chi connectivity index (χ3n) is 4.38. The molecule has 112 valence electrons. The SMILES string of the molecule is CCCNC(c1ccc2cccnc2c1)C1OCCC1C. The van der Waals surface area contributed by atoms with Crippen molar-refractivity contribution in [2.24, 2.45) is 5.92 Å². The fourth-order valence-electron chi connectivity index (χ4n) is 3.14. The molecule has 1 saturated heterocycles. The molecule has 1 aromatic carbocycles. The molecule has 1 aliphatic heterocycles. The van der Waals surface area contributed by atoms with E-state index in [2.05, 4.69) is 48.4 Å². The maximum atomic E-state index is 6.01. The highest BCUT2D eigenvalue weighted by atomic mass is 16.5. The number of pyridine rings is 1. The molecule has 0 amide bonds. The van der Waals surface area contributed by atoms with Crippen LogP contribution in [0.15, 0.2) is 36.5 Å². The maximum Gasteiger partial charge on any atom is 0.0796 e. The van der Waals surface area contributed by atoms with E-state index in [0.29, 0.717) is 5.92 Å². The van der Waals surface area contributed by atoms with E-state index in [9.17, 15) is 0 Å². The molecule has 1 N–H and O–H groups in total. The molecule has 2 aromatic rings. The molecule has 3 nitrogen and oxygen atoms in total. The average Bonchev–Trinajstić information content (AvgIpc) is 2.94. The lowest BCUT2D eigenvalue weighted by atomic mass is 9.92. The zero-order chi connectivity index (χ0) is 14.7. The molecule has 3 unspecified atom stereocenters. The van der Waals surface area contributed by atoms with Crippen LogP contribution >= 0.6 is 0 Å². The first-order valence-electron chi connectivity index (χ1n) is 7.99. The molecule has 0 spiro atoms. The molecule has 3 rings (SSSR count). The minimum atomic E-state index is 0.258. The van der Waals surface area contributed by atoms with Crippen molar-refractivity contribution in [3.05, 3.63) is 42.1 Å². The van der Waals surface area contributed by atoms with Crippen molar-refractivity contribution in [3.63, 3.8) is 0 Å². The molecular weight excluding hydrogens is 260 g/mol. The van der Waals surface area contributed by atoms with Crippen LogP contribution in [0, 0.1) is 5.92 Å². The molecule has 2 heterocycles. The molecule has 0 aliphatic carbocycles. The number of benzene rings is 1. The van der Waals surface area contributed by atoms with Crippen molar-refractivity contribution in [1.29, 1.82) is 0 Å². The Morgan fingerprint density at radius 2 is 2.29 bits per heavy atom. The van der Waals surface area contributed by atoms with Crippen molar-refractivity contribution in [2.45, 2.75) is 38.8 Å². The molecule has 3 atom stereocenters. The Labute approximate surface area is 126 Å². The van der Waals surface area contributed by atoms with E-state index >= 15 is 0 Å². The Balaban J connectivity index is 1.92. The molecule has 21 heavy (non-hydrogen) atoms. The van der Waals surface area contributed by atoms with Crippen molar-refractivity contribution in [1.82, 2.24) is 10.3 Å². The van der Waals surface area contributed by atoms with Crippen LogP contribution in [0.1, 0.15) is 38.3 Å². The monoisotopic (exact) mass is 284 g/mol. The van der Waals surface area contributed by atoms with Crippen molar-refractivity contribution in [3.8, 4) is 0 Å². The summed E-state index contributed by atoms with van der Waals surface area (Å²) in [5, 5.41) is 4.86. The quantitative estimate of drug-likeness (QED) is 0.909. The van der Waals surface area contributed by atoms with Gasteiger partial charge < -0.3 is 10.1 Å². The topological polar surface area (TPSA) is 34.2 Å². The third kappa shape index (κ3) is 3.09. The molecule has 1 aliphatic rings. The van der Waals surface area contributed by atoms with Crippen LogP contribution in [0.25, 0.3) is 10.9 Å². The van der Waals surface area contributed by atoms with Crippen LogP contribution in [-0.2, 0) is 4.74 Å². The van der Waals surface area contributed by atoms with E-state index in [4.69, 9.17) is 4.74 Å². The molecule has 1 fully saturated rings. The van der Waals surface area contributed by atoms with Gasteiger partial charge in [0.05, 0.1) is 17.7 Å². The van der Waals surface area contributed by atoms with Gasteiger partial charge in [0.2, 0.25) is 0 Å². The Kier molecular flexibility index (Phi) is 4.51. The van der Waals surface area contributed by atoms with Gasteiger partial charge in [-0.3, -0.25) is 4.98 Å². The van der Waals surface area contributed by atoms with Gasteiger partial charge in [-0.05, 0) is 43.0 Å². The first kappa shape index (κ1) is 14.5. The molecular formula is C18H24N2O. The first-order valence-corrected chi connectivity index (χ1v) is 7.99. The summed E-state index contributed by atoms with van der Waals surface area (Å²) in [7, 11) is 0. The van der Waals surface area contributed by atoms with E-state index in [1.807, 2.05) is 12.3 Å². The lowest BCUT2D eigenvalue weighted by Gasteiger charge is -2.28. The van der Waals surface area contributed by atoms with Gasteiger partial charge in [-0.1, -0.05) is 32.0 Å². The smallest absolute Gasteiger partial charge is 0.0796 e. The summed E-state index contributed by atoms with van der Waals surface area (Å²) in [5.41, 5.74) is 2.34. The zero-order valence-corrected chi connectivity index (χ0v) is 12.9. The van der Waals surface area contributed by atoms with E-state index in [1.54, 1.807) is 0 Å². The Morgan fingerprint density at radius 1 is 1.38 bits per heavy atom. The molecule has 0 bridgehead atoms. The number of hydrogen-bond donors (Lipinski definition) is 1. The minimum absolute atomic E-state index is 0.258. The van der Waals surface area contributed by atoms with E-state index in [1.165, 1.54) is 10.9 Å². The molecule has 1 aromatic heterocycles. The van der Waals surface area contributed by atoms with Crippen LogP contribution in [0.5, 0.6) is 0 Å². The van der Waals surface area contributed by atoms with Gasteiger partial charge in [0, 0.05) is 18.2 Å². The predicted octanol–water partition coefficient (Wildman–Crippen LogP) is 3.70. The summed E-state index contributed by atoms with van der Waals surface area (Å²) >= 11 is 0. The van der Waals surface area contributed by atoms with Gasteiger partial charge in [0.1, 0.15) is 0 Å². The fourth-order valence-corrected chi connectivity index (χ4v) is 3.14. The summed E-state index contributed by atoms with van der Waals surface area (Å²) in [6.45, 7) is 6.38. The number of ether oxygens (including phenoxy) is 1. The highest BCUT2D eigenvalue weighted by Crippen LogP contribution is 2.32.